The molecule has 1 fully saturated rings. The Kier molecular flexibility index (Phi) is 20.0. The normalized spacial score (nSPS) is 23.8. The summed E-state index contributed by atoms with van der Waals surface area (Å²) in [6.45, 7) is 0.618. The van der Waals surface area contributed by atoms with Crippen LogP contribution in [0.4, 0.5) is 0 Å². The van der Waals surface area contributed by atoms with Gasteiger partial charge in [-0.25, -0.2) is 32.2 Å². The highest BCUT2D eigenvalue weighted by atomic mass is 31.3. The molecule has 326 valence electrons. The number of amides is 1. The number of unbranched alkanes of at least 4 members (excludes halogenated alkanes) is 5. The quantitative estimate of drug-likeness (QED) is 0.0440. The molecule has 2 rings (SSSR count). The van der Waals surface area contributed by atoms with Crippen molar-refractivity contribution in [1.82, 2.24) is 14.9 Å². The number of phosphoric acid groups is 6. The molecule has 1 saturated heterocycles. The summed E-state index contributed by atoms with van der Waals surface area (Å²) in [5, 5.41) is 12.9. The standard InChI is InChI=1S/C22H44N4O24P6/c1-16-14-26(22(30)25-21(16)29)20-13-17(27)18(45-20)15-44-52(33,34)47-54(37,38)49-56(41,42)50-55(39,40)48-53(35,36)46-51(31,32)43-12-8-3-2-7-11-24-19(28)9-5-4-6-10-23/h14,17-18,20,27H,2-13,15,23H2,1H3,(H,24,28)(H,31,32)(H,33,34)(H,35,36)(H,37,38)(H,39,40)(H,41,42)(H,25,29,30)/t17?,18-,20-/m1/s1. The van der Waals surface area contributed by atoms with E-state index in [9.17, 15) is 76.2 Å². The molecular weight excluding hydrogens is 890 g/mol. The van der Waals surface area contributed by atoms with Crippen molar-refractivity contribution >= 4 is 52.8 Å². The van der Waals surface area contributed by atoms with Crippen LogP contribution in [0, 0.1) is 6.92 Å². The lowest BCUT2D eigenvalue weighted by atomic mass is 10.2. The number of hydrogen-bond donors (Lipinski definition) is 10. The summed E-state index contributed by atoms with van der Waals surface area (Å²) >= 11 is 0. The number of H-pyrrole nitrogens is 1. The van der Waals surface area contributed by atoms with Gasteiger partial charge in [0.25, 0.3) is 5.56 Å². The molecule has 7 unspecified atom stereocenters. The molecule has 0 aliphatic carbocycles. The van der Waals surface area contributed by atoms with Crippen molar-refractivity contribution in [3.8, 4) is 0 Å². The van der Waals surface area contributed by atoms with Gasteiger partial charge < -0.3 is 50.3 Å². The number of carbonyl (C=O) groups excluding carboxylic acids is 1. The van der Waals surface area contributed by atoms with E-state index >= 15 is 0 Å². The summed E-state index contributed by atoms with van der Waals surface area (Å²) in [6.07, 6.45) is 0.818. The lowest BCUT2D eigenvalue weighted by Crippen LogP contribution is -2.33. The largest absolute Gasteiger partial charge is 0.490 e. The molecule has 56 heavy (non-hydrogen) atoms. The highest BCUT2D eigenvalue weighted by Gasteiger charge is 2.50. The Labute approximate surface area is 317 Å². The minimum atomic E-state index is -6.47. The molecule has 0 aromatic carbocycles. The van der Waals surface area contributed by atoms with Crippen LogP contribution in [-0.4, -0.2) is 88.4 Å². The lowest BCUT2D eigenvalue weighted by molar-refractivity contribution is -0.121. The first kappa shape index (κ1) is 51.0. The van der Waals surface area contributed by atoms with Gasteiger partial charge in [-0.2, -0.15) is 21.6 Å². The summed E-state index contributed by atoms with van der Waals surface area (Å²) in [7, 11) is -36.8. The Bertz CT molecular complexity index is 1890. The van der Waals surface area contributed by atoms with E-state index in [0.29, 0.717) is 45.2 Å². The average Bonchev–Trinajstić information content (AvgIpc) is 3.38. The monoisotopic (exact) mass is 934 g/mol. The maximum atomic E-state index is 12.3. The number of nitrogens with one attached hydrogen (secondary N) is 2. The molecule has 1 amide bonds. The molecule has 11 N–H and O–H groups in total. The fraction of sp³-hybridized carbons (Fsp3) is 0.773. The molecule has 2 heterocycles. The van der Waals surface area contributed by atoms with Gasteiger partial charge in [-0.3, -0.25) is 28.2 Å². The van der Waals surface area contributed by atoms with Crippen molar-refractivity contribution in [2.24, 2.45) is 5.73 Å². The second kappa shape index (κ2) is 21.9. The maximum absolute atomic E-state index is 12.3. The molecule has 1 aliphatic heterocycles. The van der Waals surface area contributed by atoms with Crippen LogP contribution in [-0.2, 0) is 67.5 Å². The molecule has 0 bridgehead atoms. The van der Waals surface area contributed by atoms with Crippen LogP contribution in [0.1, 0.15) is 69.6 Å². The molecule has 0 spiro atoms. The van der Waals surface area contributed by atoms with Crippen LogP contribution in [0.3, 0.4) is 0 Å². The van der Waals surface area contributed by atoms with E-state index < -0.39 is 89.8 Å². The average molecular weight is 934 g/mol. The number of aromatic nitrogens is 2. The summed E-state index contributed by atoms with van der Waals surface area (Å²) in [5.74, 6) is -0.125. The molecule has 1 aromatic heterocycles. The first-order chi connectivity index (χ1) is 25.7. The molecule has 1 aliphatic rings. The van der Waals surface area contributed by atoms with Gasteiger partial charge in [-0.05, 0) is 39.2 Å². The second-order valence-electron chi connectivity index (χ2n) is 11.6. The minimum absolute atomic E-state index is 0.0860. The van der Waals surface area contributed by atoms with E-state index in [0.717, 1.165) is 23.6 Å². The number of hydrogen-bond acceptors (Lipinski definition) is 19. The minimum Gasteiger partial charge on any atom is -0.390 e. The third kappa shape index (κ3) is 19.8. The zero-order valence-electron chi connectivity index (χ0n) is 29.3. The van der Waals surface area contributed by atoms with Crippen LogP contribution in [0.5, 0.6) is 0 Å². The van der Waals surface area contributed by atoms with E-state index in [1.165, 1.54) is 6.92 Å². The van der Waals surface area contributed by atoms with Crippen molar-refractivity contribution < 1.29 is 102 Å². The summed E-state index contributed by atoms with van der Waals surface area (Å²) in [6, 6.07) is 0. The Morgan fingerprint density at radius 3 is 1.86 bits per heavy atom. The number of nitrogens with zero attached hydrogens (tertiary/aromatic N) is 1. The third-order valence-corrected chi connectivity index (χ3v) is 16.1. The van der Waals surface area contributed by atoms with Crippen molar-refractivity contribution in [1.29, 1.82) is 0 Å². The first-order valence-corrected chi connectivity index (χ1v) is 25.1. The van der Waals surface area contributed by atoms with Gasteiger partial charge in [0.2, 0.25) is 5.91 Å². The topological polar surface area (TPSA) is 428 Å². The smallest absolute Gasteiger partial charge is 0.390 e. The van der Waals surface area contributed by atoms with Crippen LogP contribution in [0.25, 0.3) is 0 Å². The number of rotatable bonds is 27. The maximum Gasteiger partial charge on any atom is 0.490 e. The Balaban J connectivity index is 1.81. The third-order valence-electron chi connectivity index (χ3n) is 6.85. The first-order valence-electron chi connectivity index (χ1n) is 16.1. The fourth-order valence-corrected chi connectivity index (χ4v) is 12.3. The van der Waals surface area contributed by atoms with E-state index in [1.54, 1.807) is 0 Å². The van der Waals surface area contributed by atoms with Gasteiger partial charge in [0, 0.05) is 31.1 Å². The Hall–Kier alpha value is -1.11. The molecule has 0 saturated carbocycles. The zero-order valence-corrected chi connectivity index (χ0v) is 34.6. The predicted molar refractivity (Wildman–Crippen MR) is 186 cm³/mol. The van der Waals surface area contributed by atoms with E-state index in [1.807, 2.05) is 4.98 Å². The number of nitrogens with two attached hydrogens (primary N) is 1. The van der Waals surface area contributed by atoms with Gasteiger partial charge in [-0.1, -0.05) is 19.3 Å². The summed E-state index contributed by atoms with van der Waals surface area (Å²) in [5.41, 5.74) is 3.84. The highest BCUT2D eigenvalue weighted by molar-refractivity contribution is 7.72. The highest BCUT2D eigenvalue weighted by Crippen LogP contribution is 2.75. The van der Waals surface area contributed by atoms with Crippen LogP contribution >= 0.6 is 46.9 Å². The SMILES string of the molecule is Cc1cn([C@H]2CC(O)[C@@H](COP(=O)(O)OP(=O)(O)OP(=O)(O)OP(=O)(O)OP(=O)(O)OP(=O)(O)OCCCCCCNC(=O)CCCCCN)O2)c(=O)[nH]c1=O. The fourth-order valence-electron chi connectivity index (χ4n) is 4.45. The van der Waals surface area contributed by atoms with Crippen molar-refractivity contribution in [3.63, 3.8) is 0 Å². The van der Waals surface area contributed by atoms with E-state index in [4.69, 9.17) is 10.5 Å². The van der Waals surface area contributed by atoms with Gasteiger partial charge in [0.15, 0.2) is 0 Å². The van der Waals surface area contributed by atoms with Crippen molar-refractivity contribution in [2.75, 3.05) is 26.3 Å². The van der Waals surface area contributed by atoms with Gasteiger partial charge >= 0.3 is 52.6 Å². The predicted octanol–water partition coefficient (Wildman–Crippen LogP) is 1.41. The number of ether oxygens (including phenoxy) is 1. The van der Waals surface area contributed by atoms with E-state index in [2.05, 4.69) is 35.9 Å². The molecule has 34 heteroatoms. The van der Waals surface area contributed by atoms with Crippen LogP contribution in [0.15, 0.2) is 15.8 Å². The molecule has 1 aromatic rings. The molecule has 9 atom stereocenters. The molecule has 28 nitrogen and oxygen atoms in total. The van der Waals surface area contributed by atoms with Crippen molar-refractivity contribution in [3.05, 3.63) is 32.6 Å². The van der Waals surface area contributed by atoms with Crippen molar-refractivity contribution in [2.45, 2.75) is 83.1 Å². The Morgan fingerprint density at radius 2 is 1.30 bits per heavy atom. The number of aliphatic hydroxyl groups excluding tert-OH is 1. The lowest BCUT2D eigenvalue weighted by Gasteiger charge is -2.21. The second-order valence-corrected chi connectivity index (χ2v) is 21.0. The Morgan fingerprint density at radius 1 is 0.804 bits per heavy atom. The van der Waals surface area contributed by atoms with E-state index in [-0.39, 0.29) is 24.3 Å². The van der Waals surface area contributed by atoms with Gasteiger partial charge in [-0.15, -0.1) is 0 Å². The van der Waals surface area contributed by atoms with Crippen LogP contribution in [0.2, 0.25) is 0 Å². The molecule has 0 radical (unpaired) electrons. The summed E-state index contributed by atoms with van der Waals surface area (Å²) in [4.78, 5) is 95.5. The number of aromatic amines is 1. The number of aliphatic hydroxyl groups is 1. The number of phosphoric ester groups is 2. The number of carbonyl (C=O) groups is 1. The van der Waals surface area contributed by atoms with Gasteiger partial charge in [0.1, 0.15) is 12.3 Å². The zero-order chi connectivity index (χ0) is 42.6. The molecular formula is C22H44N4O24P6. The summed E-state index contributed by atoms with van der Waals surface area (Å²) < 4.78 is 106. The van der Waals surface area contributed by atoms with Gasteiger partial charge in [0.05, 0.1) is 19.3 Å². The number of aryl methyl sites for hydroxylation is 1. The van der Waals surface area contributed by atoms with Crippen LogP contribution < -0.4 is 22.3 Å².